The highest BCUT2D eigenvalue weighted by Gasteiger charge is 2.40. The first-order valence-corrected chi connectivity index (χ1v) is 11.7. The molecule has 1 aliphatic rings. The number of hydrogen-bond acceptors (Lipinski definition) is 3. The number of fused-ring (bicyclic) bond motifs is 1. The van der Waals surface area contributed by atoms with Gasteiger partial charge in [0.2, 0.25) is 0 Å². The number of urea groups is 1. The highest BCUT2D eigenvalue weighted by Crippen LogP contribution is 2.46. The van der Waals surface area contributed by atoms with Gasteiger partial charge in [-0.15, -0.1) is 0 Å². The molecule has 1 saturated heterocycles. The first kappa shape index (κ1) is 24.4. The number of amides is 2. The van der Waals surface area contributed by atoms with Crippen molar-refractivity contribution in [1.82, 2.24) is 15.1 Å². The van der Waals surface area contributed by atoms with Crippen LogP contribution in [0.5, 0.6) is 0 Å². The number of hydrogen-bond donors (Lipinski definition) is 3. The van der Waals surface area contributed by atoms with Crippen LogP contribution in [0.1, 0.15) is 50.8 Å². The number of nitrogens with zero attached hydrogens (tertiary/aromatic N) is 2. The SMILES string of the molecule is CC(F)(F)c1cccc(NC(=O)N2CCC(C(C)(C)C(O)c3cc(Cl)cc4cn[nH]c34)CC2)c1. The predicted molar refractivity (Wildman–Crippen MR) is 129 cm³/mol. The molecule has 34 heavy (non-hydrogen) atoms. The molecule has 182 valence electrons. The summed E-state index contributed by atoms with van der Waals surface area (Å²) < 4.78 is 27.2. The molecule has 3 N–H and O–H groups in total. The van der Waals surface area contributed by atoms with Crippen molar-refractivity contribution >= 4 is 34.2 Å². The van der Waals surface area contributed by atoms with Gasteiger partial charge >= 0.3 is 6.03 Å². The smallest absolute Gasteiger partial charge is 0.321 e. The average Bonchev–Trinajstić information content (AvgIpc) is 3.26. The minimum Gasteiger partial charge on any atom is -0.388 e. The van der Waals surface area contributed by atoms with Gasteiger partial charge in [0, 0.05) is 47.2 Å². The van der Waals surface area contributed by atoms with E-state index in [9.17, 15) is 18.7 Å². The molecule has 0 bridgehead atoms. The zero-order valence-corrected chi connectivity index (χ0v) is 20.2. The van der Waals surface area contributed by atoms with Crippen molar-refractivity contribution in [2.24, 2.45) is 11.3 Å². The third-order valence-corrected chi connectivity index (χ3v) is 7.22. The molecule has 2 heterocycles. The van der Waals surface area contributed by atoms with Crippen LogP contribution in [0.3, 0.4) is 0 Å². The summed E-state index contributed by atoms with van der Waals surface area (Å²) in [5, 5.41) is 22.5. The number of aromatic amines is 1. The van der Waals surface area contributed by atoms with Gasteiger partial charge in [-0.3, -0.25) is 5.10 Å². The van der Waals surface area contributed by atoms with Gasteiger partial charge in [0.05, 0.1) is 17.8 Å². The van der Waals surface area contributed by atoms with Gasteiger partial charge in [0.15, 0.2) is 0 Å². The van der Waals surface area contributed by atoms with E-state index in [1.54, 1.807) is 29.3 Å². The maximum Gasteiger partial charge on any atom is 0.321 e. The van der Waals surface area contributed by atoms with Crippen LogP contribution in [-0.4, -0.2) is 39.3 Å². The molecule has 0 saturated carbocycles. The lowest BCUT2D eigenvalue weighted by Gasteiger charge is -2.43. The Morgan fingerprint density at radius 2 is 1.94 bits per heavy atom. The molecular weight excluding hydrogens is 462 g/mol. The van der Waals surface area contributed by atoms with Gasteiger partial charge in [0.25, 0.3) is 5.92 Å². The average molecular weight is 491 g/mol. The van der Waals surface area contributed by atoms with Gasteiger partial charge in [0.1, 0.15) is 0 Å². The second-order valence-electron chi connectivity index (χ2n) is 9.71. The number of carbonyl (C=O) groups excluding carboxylic acids is 1. The second-order valence-corrected chi connectivity index (χ2v) is 10.2. The predicted octanol–water partition coefficient (Wildman–Crippen LogP) is 6.33. The molecule has 0 radical (unpaired) electrons. The van der Waals surface area contributed by atoms with Crippen molar-refractivity contribution in [3.8, 4) is 0 Å². The van der Waals surface area contributed by atoms with E-state index >= 15 is 0 Å². The van der Waals surface area contributed by atoms with Gasteiger partial charge in [-0.2, -0.15) is 5.10 Å². The highest BCUT2D eigenvalue weighted by atomic mass is 35.5. The molecule has 1 aliphatic heterocycles. The number of aromatic nitrogens is 2. The van der Waals surface area contributed by atoms with E-state index in [-0.39, 0.29) is 17.5 Å². The van der Waals surface area contributed by atoms with Crippen LogP contribution in [0.2, 0.25) is 5.02 Å². The Balaban J connectivity index is 1.41. The Hall–Kier alpha value is -2.71. The number of carbonyl (C=O) groups is 1. The fourth-order valence-electron chi connectivity index (χ4n) is 4.79. The fraction of sp³-hybridized carbons (Fsp3) is 0.440. The number of likely N-dealkylation sites (tertiary alicyclic amines) is 1. The van der Waals surface area contributed by atoms with Gasteiger partial charge in [-0.25, -0.2) is 13.6 Å². The zero-order valence-electron chi connectivity index (χ0n) is 19.4. The minimum absolute atomic E-state index is 0.146. The van der Waals surface area contributed by atoms with Gasteiger partial charge in [-0.1, -0.05) is 37.6 Å². The summed E-state index contributed by atoms with van der Waals surface area (Å²) in [6, 6.07) is 8.99. The highest BCUT2D eigenvalue weighted by molar-refractivity contribution is 6.31. The third-order valence-electron chi connectivity index (χ3n) is 7.00. The Labute approximate surface area is 202 Å². The number of alkyl halides is 2. The number of aliphatic hydroxyl groups is 1. The number of benzene rings is 2. The topological polar surface area (TPSA) is 81.2 Å². The number of anilines is 1. The number of nitrogens with one attached hydrogen (secondary N) is 2. The molecule has 2 amide bonds. The Morgan fingerprint density at radius 1 is 1.24 bits per heavy atom. The van der Waals surface area contributed by atoms with E-state index < -0.39 is 17.4 Å². The van der Waals surface area contributed by atoms with E-state index in [4.69, 9.17) is 11.6 Å². The summed E-state index contributed by atoms with van der Waals surface area (Å²) >= 11 is 6.27. The molecule has 0 spiro atoms. The van der Waals surface area contributed by atoms with Crippen LogP contribution < -0.4 is 5.32 Å². The van der Waals surface area contributed by atoms with E-state index in [2.05, 4.69) is 15.5 Å². The Morgan fingerprint density at radius 3 is 2.62 bits per heavy atom. The largest absolute Gasteiger partial charge is 0.388 e. The van der Waals surface area contributed by atoms with Crippen molar-refractivity contribution < 1.29 is 18.7 Å². The second kappa shape index (κ2) is 9.15. The first-order valence-electron chi connectivity index (χ1n) is 11.3. The summed E-state index contributed by atoms with van der Waals surface area (Å²) in [4.78, 5) is 14.4. The maximum absolute atomic E-state index is 13.6. The molecule has 9 heteroatoms. The lowest BCUT2D eigenvalue weighted by molar-refractivity contribution is -0.0138. The summed E-state index contributed by atoms with van der Waals surface area (Å²) in [5.41, 5.74) is 1.19. The van der Waals surface area contributed by atoms with Crippen LogP contribution in [0.25, 0.3) is 10.9 Å². The Kier molecular flexibility index (Phi) is 6.57. The zero-order chi connectivity index (χ0) is 24.7. The molecule has 2 aromatic carbocycles. The lowest BCUT2D eigenvalue weighted by atomic mass is 9.68. The Bertz CT molecular complexity index is 1180. The molecular formula is C25H29ClF2N4O2. The molecule has 6 nitrogen and oxygen atoms in total. The van der Waals surface area contributed by atoms with Crippen LogP contribution in [0.15, 0.2) is 42.6 Å². The van der Waals surface area contributed by atoms with E-state index in [1.807, 2.05) is 13.8 Å². The van der Waals surface area contributed by atoms with Crippen LogP contribution in [-0.2, 0) is 5.92 Å². The number of rotatable bonds is 5. The molecule has 1 aromatic heterocycles. The molecule has 1 unspecified atom stereocenters. The molecule has 3 aromatic rings. The summed E-state index contributed by atoms with van der Waals surface area (Å²) in [6.07, 6.45) is 2.31. The number of piperidine rings is 1. The molecule has 1 atom stereocenters. The fourth-order valence-corrected chi connectivity index (χ4v) is 5.02. The van der Waals surface area contributed by atoms with Crippen molar-refractivity contribution in [3.05, 3.63) is 58.7 Å². The molecule has 1 fully saturated rings. The quantitative estimate of drug-likeness (QED) is 0.390. The minimum atomic E-state index is -2.98. The van der Waals surface area contributed by atoms with E-state index in [1.165, 1.54) is 18.2 Å². The number of H-pyrrole nitrogens is 1. The summed E-state index contributed by atoms with van der Waals surface area (Å²) in [7, 11) is 0. The molecule has 4 rings (SSSR count). The summed E-state index contributed by atoms with van der Waals surface area (Å²) in [5.74, 6) is -2.82. The van der Waals surface area contributed by atoms with E-state index in [0.29, 0.717) is 42.2 Å². The lowest BCUT2D eigenvalue weighted by Crippen LogP contribution is -2.45. The van der Waals surface area contributed by atoms with Crippen molar-refractivity contribution in [2.45, 2.75) is 45.6 Å². The standard InChI is InChI=1S/C25H29ClF2N4O2/c1-24(2,22(33)20-13-18(26)11-15-14-29-31-21(15)20)16-7-9-32(10-8-16)23(34)30-19-6-4-5-17(12-19)25(3,27)28/h4-6,11-14,16,22,33H,7-10H2,1-3H3,(H,29,31)(H,30,34). The third kappa shape index (κ3) is 4.88. The van der Waals surface area contributed by atoms with Gasteiger partial charge in [-0.05, 0) is 48.4 Å². The van der Waals surface area contributed by atoms with Crippen molar-refractivity contribution in [1.29, 1.82) is 0 Å². The van der Waals surface area contributed by atoms with Crippen LogP contribution in [0.4, 0.5) is 19.3 Å². The first-order chi connectivity index (χ1) is 16.0. The number of halogens is 3. The maximum atomic E-state index is 13.6. The normalized spacial score (nSPS) is 16.6. The number of aliphatic hydroxyl groups excluding tert-OH is 1. The van der Waals surface area contributed by atoms with Crippen LogP contribution >= 0.6 is 11.6 Å². The van der Waals surface area contributed by atoms with E-state index in [0.717, 1.165) is 17.8 Å². The van der Waals surface area contributed by atoms with Crippen LogP contribution in [0, 0.1) is 11.3 Å². The molecule has 0 aliphatic carbocycles. The monoisotopic (exact) mass is 490 g/mol. The van der Waals surface area contributed by atoms with Gasteiger partial charge < -0.3 is 15.3 Å². The summed E-state index contributed by atoms with van der Waals surface area (Å²) in [6.45, 7) is 5.89. The van der Waals surface area contributed by atoms with Crippen molar-refractivity contribution in [2.75, 3.05) is 18.4 Å². The van der Waals surface area contributed by atoms with Crippen molar-refractivity contribution in [3.63, 3.8) is 0 Å².